The van der Waals surface area contributed by atoms with Crippen molar-refractivity contribution < 1.29 is 0 Å². The molecular formula is C7H10ClN5. The molecule has 0 fully saturated rings. The van der Waals surface area contributed by atoms with Crippen molar-refractivity contribution in [2.75, 3.05) is 17.3 Å². The largest absolute Gasteiger partial charge is 0.378 e. The number of hydrogen-bond acceptors (Lipinski definition) is 5. The van der Waals surface area contributed by atoms with E-state index < -0.39 is 0 Å². The van der Waals surface area contributed by atoms with Gasteiger partial charge in [0.05, 0.1) is 5.69 Å². The quantitative estimate of drug-likeness (QED) is 0.384. The van der Waals surface area contributed by atoms with Crippen LogP contribution in [0.3, 0.4) is 0 Å². The van der Waals surface area contributed by atoms with Gasteiger partial charge >= 0.3 is 0 Å². The van der Waals surface area contributed by atoms with E-state index in [1.807, 2.05) is 0 Å². The van der Waals surface area contributed by atoms with Gasteiger partial charge < -0.3 is 10.7 Å². The summed E-state index contributed by atoms with van der Waals surface area (Å²) in [5, 5.41) is 10.7. The van der Waals surface area contributed by atoms with E-state index in [9.17, 15) is 0 Å². The van der Waals surface area contributed by atoms with Gasteiger partial charge in [0.25, 0.3) is 0 Å². The van der Waals surface area contributed by atoms with Crippen molar-refractivity contribution >= 4 is 23.1 Å². The SMILES string of the molecule is C=CCNc1cc(Cl)nnc1NN. The van der Waals surface area contributed by atoms with Gasteiger partial charge in [-0.1, -0.05) is 17.7 Å². The zero-order chi connectivity index (χ0) is 9.68. The number of hydrazine groups is 1. The smallest absolute Gasteiger partial charge is 0.186 e. The van der Waals surface area contributed by atoms with Gasteiger partial charge in [0.1, 0.15) is 0 Å². The highest BCUT2D eigenvalue weighted by molar-refractivity contribution is 6.29. The second-order valence-electron chi connectivity index (χ2n) is 2.24. The molecule has 1 aromatic rings. The molecule has 0 bridgehead atoms. The van der Waals surface area contributed by atoms with Gasteiger partial charge in [-0.25, -0.2) is 5.84 Å². The molecule has 0 unspecified atom stereocenters. The third kappa shape index (κ3) is 2.57. The number of halogens is 1. The van der Waals surface area contributed by atoms with E-state index in [0.29, 0.717) is 23.2 Å². The lowest BCUT2D eigenvalue weighted by Crippen LogP contribution is -2.12. The number of nitrogen functional groups attached to an aromatic ring is 1. The van der Waals surface area contributed by atoms with Crippen molar-refractivity contribution in [2.24, 2.45) is 5.84 Å². The second-order valence-corrected chi connectivity index (χ2v) is 2.63. The first-order chi connectivity index (χ1) is 6.27. The Kier molecular flexibility index (Phi) is 3.48. The normalized spacial score (nSPS) is 9.38. The van der Waals surface area contributed by atoms with Gasteiger partial charge in [-0.2, -0.15) is 0 Å². The van der Waals surface area contributed by atoms with Crippen LogP contribution in [0.2, 0.25) is 5.15 Å². The maximum Gasteiger partial charge on any atom is 0.186 e. The molecule has 0 aliphatic rings. The number of rotatable bonds is 4. The van der Waals surface area contributed by atoms with Gasteiger partial charge in [-0.05, 0) is 0 Å². The van der Waals surface area contributed by atoms with Crippen molar-refractivity contribution in [3.63, 3.8) is 0 Å². The Morgan fingerprint density at radius 3 is 3.00 bits per heavy atom. The van der Waals surface area contributed by atoms with Crippen LogP contribution >= 0.6 is 11.6 Å². The maximum absolute atomic E-state index is 5.64. The second kappa shape index (κ2) is 4.64. The van der Waals surface area contributed by atoms with Crippen molar-refractivity contribution in [1.29, 1.82) is 0 Å². The molecule has 0 saturated heterocycles. The van der Waals surface area contributed by atoms with Crippen molar-refractivity contribution in [1.82, 2.24) is 10.2 Å². The minimum absolute atomic E-state index is 0.311. The Bertz CT molecular complexity index is 301. The number of aromatic nitrogens is 2. The van der Waals surface area contributed by atoms with Crippen LogP contribution in [0.4, 0.5) is 11.5 Å². The van der Waals surface area contributed by atoms with Crippen molar-refractivity contribution in [2.45, 2.75) is 0 Å². The van der Waals surface area contributed by atoms with Crippen LogP contribution in [0.25, 0.3) is 0 Å². The lowest BCUT2D eigenvalue weighted by atomic mass is 10.4. The van der Waals surface area contributed by atoms with E-state index in [1.54, 1.807) is 12.1 Å². The monoisotopic (exact) mass is 199 g/mol. The van der Waals surface area contributed by atoms with Crippen LogP contribution in [-0.4, -0.2) is 16.7 Å². The summed E-state index contributed by atoms with van der Waals surface area (Å²) in [6, 6.07) is 1.63. The first-order valence-electron chi connectivity index (χ1n) is 3.62. The number of hydrogen-bond donors (Lipinski definition) is 3. The predicted octanol–water partition coefficient (Wildman–Crippen LogP) is 1.01. The fourth-order valence-electron chi connectivity index (χ4n) is 0.791. The highest BCUT2D eigenvalue weighted by Gasteiger charge is 2.02. The Labute approximate surface area is 81.0 Å². The lowest BCUT2D eigenvalue weighted by Gasteiger charge is -2.07. The minimum atomic E-state index is 0.311. The number of nitrogens with one attached hydrogen (secondary N) is 2. The van der Waals surface area contributed by atoms with Gasteiger partial charge in [0.2, 0.25) is 0 Å². The van der Waals surface area contributed by atoms with E-state index >= 15 is 0 Å². The molecule has 5 nitrogen and oxygen atoms in total. The molecule has 0 radical (unpaired) electrons. The molecule has 6 heteroatoms. The van der Waals surface area contributed by atoms with Crippen LogP contribution in [-0.2, 0) is 0 Å². The Morgan fingerprint density at radius 2 is 2.38 bits per heavy atom. The molecule has 13 heavy (non-hydrogen) atoms. The molecule has 0 atom stereocenters. The molecule has 0 amide bonds. The van der Waals surface area contributed by atoms with Gasteiger partial charge in [-0.3, -0.25) is 0 Å². The third-order valence-electron chi connectivity index (χ3n) is 1.34. The van der Waals surface area contributed by atoms with E-state index in [4.69, 9.17) is 17.4 Å². The zero-order valence-electron chi connectivity index (χ0n) is 6.92. The molecule has 0 saturated carbocycles. The van der Waals surface area contributed by atoms with Crippen LogP contribution in [0.5, 0.6) is 0 Å². The van der Waals surface area contributed by atoms with Crippen LogP contribution in [0.1, 0.15) is 0 Å². The summed E-state index contributed by atoms with van der Waals surface area (Å²) >= 11 is 5.64. The first-order valence-corrected chi connectivity index (χ1v) is 4.00. The summed E-state index contributed by atoms with van der Waals surface area (Å²) in [5.74, 6) is 5.66. The third-order valence-corrected chi connectivity index (χ3v) is 1.52. The molecule has 1 aromatic heterocycles. The summed E-state index contributed by atoms with van der Waals surface area (Å²) in [5.41, 5.74) is 3.10. The fraction of sp³-hybridized carbons (Fsp3) is 0.143. The van der Waals surface area contributed by atoms with Crippen molar-refractivity contribution in [3.05, 3.63) is 23.9 Å². The minimum Gasteiger partial charge on any atom is -0.378 e. The molecule has 70 valence electrons. The average molecular weight is 200 g/mol. The summed E-state index contributed by atoms with van der Waals surface area (Å²) in [6.07, 6.45) is 1.72. The molecule has 1 heterocycles. The lowest BCUT2D eigenvalue weighted by molar-refractivity contribution is 1.02. The molecule has 1 rings (SSSR count). The van der Waals surface area contributed by atoms with E-state index in [0.717, 1.165) is 0 Å². The highest BCUT2D eigenvalue weighted by Crippen LogP contribution is 2.19. The van der Waals surface area contributed by atoms with E-state index in [1.165, 1.54) is 0 Å². The fourth-order valence-corrected chi connectivity index (χ4v) is 0.938. The number of nitrogens with zero attached hydrogens (tertiary/aromatic N) is 2. The topological polar surface area (TPSA) is 75.9 Å². The predicted molar refractivity (Wildman–Crippen MR) is 53.5 cm³/mol. The van der Waals surface area contributed by atoms with E-state index in [2.05, 4.69) is 27.5 Å². The van der Waals surface area contributed by atoms with Crippen LogP contribution in [0.15, 0.2) is 18.7 Å². The van der Waals surface area contributed by atoms with Gasteiger partial charge in [-0.15, -0.1) is 16.8 Å². The standard InChI is InChI=1S/C7H10ClN5/c1-2-3-10-5-4-6(8)12-13-7(5)11-9/h2,4H,1,3,9H2,(H,10,12)(H,11,13). The van der Waals surface area contributed by atoms with E-state index in [-0.39, 0.29) is 0 Å². The summed E-state index contributed by atoms with van der Waals surface area (Å²) < 4.78 is 0. The Morgan fingerprint density at radius 1 is 1.62 bits per heavy atom. The molecular weight excluding hydrogens is 190 g/mol. The Balaban J connectivity index is 2.87. The zero-order valence-corrected chi connectivity index (χ0v) is 7.67. The molecule has 0 aromatic carbocycles. The van der Waals surface area contributed by atoms with Gasteiger partial charge in [0, 0.05) is 12.6 Å². The highest BCUT2D eigenvalue weighted by atomic mass is 35.5. The van der Waals surface area contributed by atoms with Crippen molar-refractivity contribution in [3.8, 4) is 0 Å². The summed E-state index contributed by atoms with van der Waals surface area (Å²) in [7, 11) is 0. The number of nitrogens with two attached hydrogens (primary N) is 1. The van der Waals surface area contributed by atoms with Crippen LogP contribution < -0.4 is 16.6 Å². The molecule has 0 aliphatic heterocycles. The van der Waals surface area contributed by atoms with Gasteiger partial charge in [0.15, 0.2) is 11.0 Å². The molecule has 0 spiro atoms. The molecule has 4 N–H and O–H groups in total. The summed E-state index contributed by atoms with van der Waals surface area (Å²) in [6.45, 7) is 4.18. The summed E-state index contributed by atoms with van der Waals surface area (Å²) in [4.78, 5) is 0. The Hall–Kier alpha value is -1.33. The maximum atomic E-state index is 5.64. The number of anilines is 2. The first kappa shape index (κ1) is 9.76. The molecule has 0 aliphatic carbocycles. The van der Waals surface area contributed by atoms with Crippen LogP contribution in [0, 0.1) is 0 Å². The average Bonchev–Trinajstić information content (AvgIpc) is 2.15.